The van der Waals surface area contributed by atoms with Gasteiger partial charge in [-0.3, -0.25) is 4.79 Å². The van der Waals surface area contributed by atoms with Crippen LogP contribution < -0.4 is 5.73 Å². The number of aromatic nitrogens is 1. The van der Waals surface area contributed by atoms with Crippen LogP contribution in [-0.4, -0.2) is 59.6 Å². The van der Waals surface area contributed by atoms with Crippen LogP contribution in [0.2, 0.25) is 0 Å². The third kappa shape index (κ3) is 4.78. The summed E-state index contributed by atoms with van der Waals surface area (Å²) < 4.78 is 31.6. The number of hydrogen-bond donors (Lipinski definition) is 1. The summed E-state index contributed by atoms with van der Waals surface area (Å²) in [5, 5.41) is 3.88. The minimum atomic E-state index is -3.79. The van der Waals surface area contributed by atoms with E-state index in [9.17, 15) is 13.2 Å². The maximum absolute atomic E-state index is 12.6. The Hall–Kier alpha value is -1.45. The number of rotatable bonds is 7. The molecular formula is C15H26N4O4S. The van der Waals surface area contributed by atoms with Crippen molar-refractivity contribution in [3.05, 3.63) is 17.5 Å². The molecule has 1 aliphatic heterocycles. The normalized spacial score (nSPS) is 17.7. The molecule has 2 rings (SSSR count). The molecule has 1 aromatic rings. The van der Waals surface area contributed by atoms with Crippen LogP contribution in [0.3, 0.4) is 0 Å². The van der Waals surface area contributed by atoms with Crippen molar-refractivity contribution in [3.63, 3.8) is 0 Å². The number of hydrogen-bond acceptors (Lipinski definition) is 6. The fourth-order valence-corrected chi connectivity index (χ4v) is 4.58. The van der Waals surface area contributed by atoms with Gasteiger partial charge in [-0.05, 0) is 46.7 Å². The van der Waals surface area contributed by atoms with E-state index in [-0.39, 0.29) is 12.6 Å². The topological polar surface area (TPSA) is 110 Å². The lowest BCUT2D eigenvalue weighted by molar-refractivity contribution is -0.115. The van der Waals surface area contributed by atoms with Gasteiger partial charge in [-0.1, -0.05) is 5.16 Å². The number of amides is 1. The first-order valence-corrected chi connectivity index (χ1v) is 9.74. The minimum absolute atomic E-state index is 0.0965. The maximum Gasteiger partial charge on any atom is 0.234 e. The zero-order valence-corrected chi connectivity index (χ0v) is 15.3. The van der Waals surface area contributed by atoms with Crippen LogP contribution in [0, 0.1) is 6.92 Å². The Balaban J connectivity index is 2.18. The van der Waals surface area contributed by atoms with Crippen LogP contribution in [-0.2, 0) is 21.4 Å². The molecular weight excluding hydrogens is 332 g/mol. The first kappa shape index (κ1) is 18.9. The van der Waals surface area contributed by atoms with Gasteiger partial charge >= 0.3 is 0 Å². The van der Waals surface area contributed by atoms with Gasteiger partial charge in [0.1, 0.15) is 11.5 Å². The summed E-state index contributed by atoms with van der Waals surface area (Å²) in [5.41, 5.74) is 5.65. The molecule has 2 heterocycles. The summed E-state index contributed by atoms with van der Waals surface area (Å²) in [6.45, 7) is 7.74. The molecule has 1 aliphatic rings. The highest BCUT2D eigenvalue weighted by atomic mass is 32.2. The fraction of sp³-hybridized carbons (Fsp3) is 0.733. The number of primary amides is 1. The Labute approximate surface area is 143 Å². The Morgan fingerprint density at radius 1 is 1.46 bits per heavy atom. The number of carbonyl (C=O) groups excluding carboxylic acids is 1. The van der Waals surface area contributed by atoms with Gasteiger partial charge in [0.05, 0.1) is 12.2 Å². The summed E-state index contributed by atoms with van der Waals surface area (Å²) in [7, 11) is -3.79. The summed E-state index contributed by atoms with van der Waals surface area (Å²) in [6.07, 6.45) is 1.43. The van der Waals surface area contributed by atoms with E-state index >= 15 is 0 Å². The van der Waals surface area contributed by atoms with Gasteiger partial charge < -0.3 is 15.2 Å². The van der Waals surface area contributed by atoms with Gasteiger partial charge in [-0.15, -0.1) is 0 Å². The monoisotopic (exact) mass is 358 g/mol. The molecule has 1 fully saturated rings. The molecule has 24 heavy (non-hydrogen) atoms. The number of likely N-dealkylation sites (tertiary alicyclic amines) is 1. The summed E-state index contributed by atoms with van der Waals surface area (Å²) >= 11 is 0. The van der Waals surface area contributed by atoms with E-state index in [2.05, 4.69) is 23.9 Å². The molecule has 0 spiro atoms. The van der Waals surface area contributed by atoms with Gasteiger partial charge in [0, 0.05) is 18.2 Å². The second kappa shape index (κ2) is 7.62. The number of aryl methyl sites for hydroxylation is 1. The highest BCUT2D eigenvalue weighted by Crippen LogP contribution is 2.23. The van der Waals surface area contributed by atoms with E-state index in [4.69, 9.17) is 10.3 Å². The Morgan fingerprint density at radius 2 is 2.08 bits per heavy atom. The molecule has 9 heteroatoms. The average Bonchev–Trinajstić information content (AvgIpc) is 2.89. The van der Waals surface area contributed by atoms with E-state index in [1.165, 1.54) is 4.31 Å². The zero-order valence-electron chi connectivity index (χ0n) is 14.4. The first-order chi connectivity index (χ1) is 11.2. The molecule has 2 N–H and O–H groups in total. The predicted octanol–water partition coefficient (Wildman–Crippen LogP) is 0.473. The number of nitrogens with zero attached hydrogens (tertiary/aromatic N) is 3. The van der Waals surface area contributed by atoms with Gasteiger partial charge in [0.25, 0.3) is 0 Å². The van der Waals surface area contributed by atoms with E-state index < -0.39 is 21.7 Å². The quantitative estimate of drug-likeness (QED) is 0.759. The Morgan fingerprint density at radius 3 is 2.54 bits per heavy atom. The smallest absolute Gasteiger partial charge is 0.234 e. The van der Waals surface area contributed by atoms with Crippen molar-refractivity contribution in [3.8, 4) is 0 Å². The molecule has 1 amide bonds. The highest BCUT2D eigenvalue weighted by Gasteiger charge is 2.34. The lowest BCUT2D eigenvalue weighted by Crippen LogP contribution is -2.50. The second-order valence-electron chi connectivity index (χ2n) is 6.56. The summed E-state index contributed by atoms with van der Waals surface area (Å²) in [6, 6.07) is 1.97. The van der Waals surface area contributed by atoms with E-state index in [1.807, 2.05) is 0 Å². The molecule has 0 radical (unpaired) electrons. The Kier molecular flexibility index (Phi) is 6.00. The van der Waals surface area contributed by atoms with Crippen molar-refractivity contribution in [1.29, 1.82) is 0 Å². The van der Waals surface area contributed by atoms with Crippen LogP contribution in [0.1, 0.15) is 38.1 Å². The van der Waals surface area contributed by atoms with E-state index in [0.29, 0.717) is 30.3 Å². The molecule has 0 aliphatic carbocycles. The SMILES string of the molecule is Cc1cc(CN(C2CCN(C(C)C)CC2)S(=O)(=O)CC(N)=O)no1. The van der Waals surface area contributed by atoms with Gasteiger partial charge in [-0.25, -0.2) is 8.42 Å². The molecule has 0 unspecified atom stereocenters. The van der Waals surface area contributed by atoms with Crippen LogP contribution in [0.25, 0.3) is 0 Å². The number of carbonyl (C=O) groups is 1. The largest absolute Gasteiger partial charge is 0.369 e. The molecule has 0 aromatic carbocycles. The highest BCUT2D eigenvalue weighted by molar-refractivity contribution is 7.89. The maximum atomic E-state index is 12.6. The van der Waals surface area contributed by atoms with E-state index in [1.54, 1.807) is 13.0 Å². The van der Waals surface area contributed by atoms with Crippen molar-refractivity contribution >= 4 is 15.9 Å². The van der Waals surface area contributed by atoms with Gasteiger partial charge in [-0.2, -0.15) is 4.31 Å². The lowest BCUT2D eigenvalue weighted by atomic mass is 10.0. The van der Waals surface area contributed by atoms with Crippen LogP contribution in [0.4, 0.5) is 0 Å². The average molecular weight is 358 g/mol. The molecule has 8 nitrogen and oxygen atoms in total. The van der Waals surface area contributed by atoms with Crippen LogP contribution in [0.5, 0.6) is 0 Å². The second-order valence-corrected chi connectivity index (χ2v) is 8.48. The standard InChI is InChI=1S/C15H26N4O4S/c1-11(2)18-6-4-14(5-7-18)19(24(21,22)10-15(16)20)9-13-8-12(3)23-17-13/h8,11,14H,4-7,9-10H2,1-3H3,(H2,16,20). The lowest BCUT2D eigenvalue weighted by Gasteiger charge is -2.39. The van der Waals surface area contributed by atoms with Gasteiger partial charge in [0.15, 0.2) is 0 Å². The third-order valence-corrected chi connectivity index (χ3v) is 6.10. The molecule has 1 aromatic heterocycles. The number of sulfonamides is 1. The molecule has 0 atom stereocenters. The van der Waals surface area contributed by atoms with Crippen molar-refractivity contribution in [2.45, 2.75) is 52.2 Å². The fourth-order valence-electron chi connectivity index (χ4n) is 3.06. The number of piperidine rings is 1. The zero-order chi connectivity index (χ0) is 17.9. The minimum Gasteiger partial charge on any atom is -0.369 e. The summed E-state index contributed by atoms with van der Waals surface area (Å²) in [4.78, 5) is 13.5. The third-order valence-electron chi connectivity index (χ3n) is 4.31. The molecule has 0 saturated carbocycles. The summed E-state index contributed by atoms with van der Waals surface area (Å²) in [5.74, 6) is -0.920. The Bertz CT molecular complexity index is 663. The molecule has 1 saturated heterocycles. The molecule has 136 valence electrons. The van der Waals surface area contributed by atoms with Gasteiger partial charge in [0.2, 0.25) is 15.9 Å². The first-order valence-electron chi connectivity index (χ1n) is 8.13. The number of nitrogens with two attached hydrogens (primary N) is 1. The van der Waals surface area contributed by atoms with Crippen molar-refractivity contribution in [1.82, 2.24) is 14.4 Å². The van der Waals surface area contributed by atoms with Crippen LogP contribution >= 0.6 is 0 Å². The molecule has 0 bridgehead atoms. The predicted molar refractivity (Wildman–Crippen MR) is 89.5 cm³/mol. The van der Waals surface area contributed by atoms with E-state index in [0.717, 1.165) is 13.1 Å². The van der Waals surface area contributed by atoms with Crippen molar-refractivity contribution in [2.75, 3.05) is 18.8 Å². The van der Waals surface area contributed by atoms with Crippen molar-refractivity contribution in [2.24, 2.45) is 5.73 Å². The van der Waals surface area contributed by atoms with Crippen molar-refractivity contribution < 1.29 is 17.7 Å². The van der Waals surface area contributed by atoms with Crippen LogP contribution in [0.15, 0.2) is 10.6 Å².